The van der Waals surface area contributed by atoms with Gasteiger partial charge in [-0.05, 0) is 55.0 Å². The van der Waals surface area contributed by atoms with Crippen molar-refractivity contribution < 1.29 is 14.2 Å². The predicted octanol–water partition coefficient (Wildman–Crippen LogP) is 4.19. The van der Waals surface area contributed by atoms with E-state index in [9.17, 15) is 0 Å². The van der Waals surface area contributed by atoms with Crippen LogP contribution in [0.5, 0.6) is 17.2 Å². The molecule has 8 nitrogen and oxygen atoms in total. The number of nitrogens with one attached hydrogen (secondary N) is 2. The highest BCUT2D eigenvalue weighted by molar-refractivity contribution is 7.80. The van der Waals surface area contributed by atoms with Crippen molar-refractivity contribution in [2.24, 2.45) is 0 Å². The molecule has 0 atom stereocenters. The van der Waals surface area contributed by atoms with Crippen LogP contribution in [-0.2, 0) is 0 Å². The lowest BCUT2D eigenvalue weighted by molar-refractivity contribution is 0.324. The van der Waals surface area contributed by atoms with Crippen molar-refractivity contribution in [3.05, 3.63) is 59.4 Å². The van der Waals surface area contributed by atoms with Crippen molar-refractivity contribution in [1.82, 2.24) is 15.2 Å². The second-order valence-corrected chi connectivity index (χ2v) is 6.75. The molecule has 1 heterocycles. The van der Waals surface area contributed by atoms with Gasteiger partial charge >= 0.3 is 0 Å². The van der Waals surface area contributed by atoms with Gasteiger partial charge < -0.3 is 19.5 Å². The van der Waals surface area contributed by atoms with Gasteiger partial charge in [0.1, 0.15) is 0 Å². The molecule has 3 aromatic rings. The Bertz CT molecular complexity index is 1060. The van der Waals surface area contributed by atoms with Gasteiger partial charge in [-0.2, -0.15) is 0 Å². The Hall–Kier alpha value is -3.72. The van der Waals surface area contributed by atoms with E-state index in [4.69, 9.17) is 26.4 Å². The molecule has 0 spiro atoms. The Labute approximate surface area is 186 Å². The maximum Gasteiger partial charge on any atom is 0.249 e. The number of aromatic nitrogens is 3. The third-order valence-corrected chi connectivity index (χ3v) is 4.47. The highest BCUT2D eigenvalue weighted by atomic mass is 32.1. The monoisotopic (exact) mass is 437 g/mol. The van der Waals surface area contributed by atoms with Crippen LogP contribution in [0.4, 0.5) is 11.6 Å². The Morgan fingerprint density at radius 1 is 0.903 bits per heavy atom. The SMILES string of the molecule is COc1cc(/C=C/c2nc(NC(=S)Nc3ccccc3)nnc2C)cc(OC)c1OC. The molecular formula is C22H23N5O3S. The summed E-state index contributed by atoms with van der Waals surface area (Å²) in [7, 11) is 4.72. The van der Waals surface area contributed by atoms with E-state index in [0.717, 1.165) is 11.3 Å². The number of hydrogen-bond donors (Lipinski definition) is 2. The average Bonchev–Trinajstić information content (AvgIpc) is 2.79. The molecule has 0 saturated heterocycles. The zero-order valence-electron chi connectivity index (χ0n) is 17.7. The van der Waals surface area contributed by atoms with Crippen LogP contribution in [0, 0.1) is 6.92 Å². The third-order valence-electron chi connectivity index (χ3n) is 4.27. The number of para-hydroxylation sites is 1. The number of methoxy groups -OCH3 is 3. The quantitative estimate of drug-likeness (QED) is 0.528. The fraction of sp³-hybridized carbons (Fsp3) is 0.182. The van der Waals surface area contributed by atoms with Crippen LogP contribution in [0.15, 0.2) is 42.5 Å². The van der Waals surface area contributed by atoms with Gasteiger partial charge in [-0.3, -0.25) is 5.32 Å². The first-order valence-corrected chi connectivity index (χ1v) is 9.77. The van der Waals surface area contributed by atoms with Gasteiger partial charge in [0, 0.05) is 5.69 Å². The van der Waals surface area contributed by atoms with Gasteiger partial charge in [-0.15, -0.1) is 10.2 Å². The normalized spacial score (nSPS) is 10.6. The molecule has 2 aromatic carbocycles. The smallest absolute Gasteiger partial charge is 0.249 e. The van der Waals surface area contributed by atoms with Crippen LogP contribution in [0.1, 0.15) is 17.0 Å². The zero-order valence-corrected chi connectivity index (χ0v) is 18.5. The first-order valence-electron chi connectivity index (χ1n) is 9.36. The van der Waals surface area contributed by atoms with Gasteiger partial charge in [0.05, 0.1) is 32.7 Å². The largest absolute Gasteiger partial charge is 0.493 e. The summed E-state index contributed by atoms with van der Waals surface area (Å²) in [5, 5.41) is 14.6. The highest BCUT2D eigenvalue weighted by Gasteiger charge is 2.12. The summed E-state index contributed by atoms with van der Waals surface area (Å²) in [4.78, 5) is 4.50. The average molecular weight is 438 g/mol. The van der Waals surface area contributed by atoms with E-state index < -0.39 is 0 Å². The topological polar surface area (TPSA) is 90.4 Å². The molecule has 31 heavy (non-hydrogen) atoms. The van der Waals surface area contributed by atoms with Gasteiger partial charge in [-0.25, -0.2) is 4.98 Å². The summed E-state index contributed by atoms with van der Waals surface area (Å²) in [5.74, 6) is 1.97. The zero-order chi connectivity index (χ0) is 22.2. The molecule has 0 radical (unpaired) electrons. The van der Waals surface area contributed by atoms with Crippen molar-refractivity contribution in [3.8, 4) is 17.2 Å². The van der Waals surface area contributed by atoms with E-state index in [0.29, 0.717) is 39.7 Å². The lowest BCUT2D eigenvalue weighted by atomic mass is 10.1. The second kappa shape index (κ2) is 10.4. The van der Waals surface area contributed by atoms with Gasteiger partial charge in [-0.1, -0.05) is 24.3 Å². The van der Waals surface area contributed by atoms with E-state index in [1.54, 1.807) is 21.3 Å². The maximum atomic E-state index is 5.40. The fourth-order valence-electron chi connectivity index (χ4n) is 2.76. The van der Waals surface area contributed by atoms with E-state index in [1.807, 2.05) is 61.5 Å². The van der Waals surface area contributed by atoms with E-state index >= 15 is 0 Å². The molecule has 2 N–H and O–H groups in total. The minimum Gasteiger partial charge on any atom is -0.493 e. The number of rotatable bonds is 7. The number of anilines is 2. The number of thiocarbonyl (C=S) groups is 1. The Morgan fingerprint density at radius 3 is 2.19 bits per heavy atom. The molecule has 0 amide bonds. The van der Waals surface area contributed by atoms with E-state index in [-0.39, 0.29) is 0 Å². The number of nitrogens with zero attached hydrogens (tertiary/aromatic N) is 3. The van der Waals surface area contributed by atoms with Crippen molar-refractivity contribution in [1.29, 1.82) is 0 Å². The number of hydrogen-bond acceptors (Lipinski definition) is 7. The van der Waals surface area contributed by atoms with Crippen LogP contribution in [-0.4, -0.2) is 41.6 Å². The molecule has 160 valence electrons. The van der Waals surface area contributed by atoms with Crippen molar-refractivity contribution in [2.45, 2.75) is 6.92 Å². The number of benzene rings is 2. The van der Waals surface area contributed by atoms with Crippen LogP contribution in [0.3, 0.4) is 0 Å². The van der Waals surface area contributed by atoms with E-state index in [1.165, 1.54) is 0 Å². The predicted molar refractivity (Wildman–Crippen MR) is 126 cm³/mol. The Balaban J connectivity index is 1.79. The summed E-state index contributed by atoms with van der Waals surface area (Å²) >= 11 is 5.33. The highest BCUT2D eigenvalue weighted by Crippen LogP contribution is 2.38. The summed E-state index contributed by atoms with van der Waals surface area (Å²) in [5.41, 5.74) is 3.04. The van der Waals surface area contributed by atoms with Gasteiger partial charge in [0.25, 0.3) is 0 Å². The standard InChI is InChI=1S/C22H23N5O3S/c1-14-17(11-10-15-12-18(28-2)20(30-4)19(13-15)29-3)24-21(27-26-14)25-22(31)23-16-8-6-5-7-9-16/h5-13H,1-4H3,(H2,23,24,25,27,31)/b11-10+. The molecular weight excluding hydrogens is 414 g/mol. The minimum absolute atomic E-state index is 0.295. The van der Waals surface area contributed by atoms with Crippen LogP contribution in [0.25, 0.3) is 12.2 Å². The second-order valence-electron chi connectivity index (χ2n) is 6.34. The lowest BCUT2D eigenvalue weighted by Crippen LogP contribution is -2.21. The lowest BCUT2D eigenvalue weighted by Gasteiger charge is -2.13. The molecule has 9 heteroatoms. The molecule has 3 rings (SSSR count). The van der Waals surface area contributed by atoms with Gasteiger partial charge in [0.2, 0.25) is 11.7 Å². The van der Waals surface area contributed by atoms with Gasteiger partial charge in [0.15, 0.2) is 16.6 Å². The minimum atomic E-state index is 0.295. The molecule has 0 bridgehead atoms. The molecule has 0 saturated carbocycles. The van der Waals surface area contributed by atoms with Crippen LogP contribution < -0.4 is 24.8 Å². The summed E-state index contributed by atoms with van der Waals surface area (Å²) in [6.45, 7) is 1.83. The number of aryl methyl sites for hydroxylation is 1. The van der Waals surface area contributed by atoms with Crippen LogP contribution >= 0.6 is 12.2 Å². The molecule has 0 unspecified atom stereocenters. The molecule has 1 aromatic heterocycles. The third kappa shape index (κ3) is 5.67. The summed E-state index contributed by atoms with van der Waals surface area (Å²) in [6, 6.07) is 13.3. The van der Waals surface area contributed by atoms with Crippen molar-refractivity contribution >= 4 is 41.1 Å². The Kier molecular flexibility index (Phi) is 7.34. The molecule has 0 aliphatic heterocycles. The molecule has 0 aliphatic rings. The van der Waals surface area contributed by atoms with Crippen molar-refractivity contribution in [3.63, 3.8) is 0 Å². The fourth-order valence-corrected chi connectivity index (χ4v) is 2.97. The summed E-state index contributed by atoms with van der Waals surface area (Å²) in [6.07, 6.45) is 3.72. The van der Waals surface area contributed by atoms with Crippen LogP contribution in [0.2, 0.25) is 0 Å². The summed E-state index contributed by atoms with van der Waals surface area (Å²) < 4.78 is 16.2. The number of ether oxygens (including phenoxy) is 3. The maximum absolute atomic E-state index is 5.40. The van der Waals surface area contributed by atoms with Crippen molar-refractivity contribution in [2.75, 3.05) is 32.0 Å². The molecule has 0 fully saturated rings. The molecule has 0 aliphatic carbocycles. The first-order chi connectivity index (χ1) is 15.0. The van der Waals surface area contributed by atoms with E-state index in [2.05, 4.69) is 25.8 Å². The Morgan fingerprint density at radius 2 is 1.58 bits per heavy atom. The first kappa shape index (κ1) is 22.0.